The fourth-order valence-electron chi connectivity index (χ4n) is 8.08. The zero-order valence-corrected chi connectivity index (χ0v) is 32.1. The van der Waals surface area contributed by atoms with E-state index in [-0.39, 0.29) is 49.2 Å². The summed E-state index contributed by atoms with van der Waals surface area (Å²) in [5.74, 6) is -3.23. The quantitative estimate of drug-likeness (QED) is 0.327. The van der Waals surface area contributed by atoms with Crippen LogP contribution in [-0.2, 0) is 47.0 Å². The van der Waals surface area contributed by atoms with Crippen molar-refractivity contribution >= 4 is 45.4 Å². The topological polar surface area (TPSA) is 183 Å². The maximum atomic E-state index is 14.5. The number of carbonyl (C=O) groups is 5. The molecule has 3 fully saturated rings. The molecule has 2 aromatic carbocycles. The number of nitrogens with one attached hydrogen (secondary N) is 4. The van der Waals surface area contributed by atoms with Gasteiger partial charge in [0.1, 0.15) is 34.4 Å². The van der Waals surface area contributed by atoms with E-state index in [4.69, 9.17) is 4.74 Å². The number of nitrogens with zero attached hydrogens (tertiary/aromatic N) is 2. The first-order chi connectivity index (χ1) is 26.9. The van der Waals surface area contributed by atoms with Gasteiger partial charge in [-0.15, -0.1) is 6.58 Å². The van der Waals surface area contributed by atoms with Crippen molar-refractivity contribution in [3.8, 4) is 0 Å². The summed E-state index contributed by atoms with van der Waals surface area (Å²) in [5, 5.41) is 8.85. The summed E-state index contributed by atoms with van der Waals surface area (Å²) in [4.78, 5) is 71.8. The molecule has 0 aromatic heterocycles. The number of benzene rings is 2. The summed E-state index contributed by atoms with van der Waals surface area (Å²) >= 11 is 0. The minimum absolute atomic E-state index is 0.000756. The molecule has 0 unspecified atom stereocenters. The number of amides is 5. The van der Waals surface area contributed by atoms with Gasteiger partial charge in [0.25, 0.3) is 15.9 Å². The lowest BCUT2D eigenvalue weighted by Gasteiger charge is -2.30. The van der Waals surface area contributed by atoms with Gasteiger partial charge in [0.05, 0.1) is 18.8 Å². The zero-order valence-electron chi connectivity index (χ0n) is 31.3. The van der Waals surface area contributed by atoms with Crippen molar-refractivity contribution in [2.24, 2.45) is 11.8 Å². The maximum absolute atomic E-state index is 14.5. The Morgan fingerprint density at radius 3 is 2.52 bits per heavy atom. The second kappa shape index (κ2) is 16.2. The largest absolute Gasteiger partial charge is 0.444 e. The van der Waals surface area contributed by atoms with E-state index >= 15 is 0 Å². The number of ether oxygens (including phenoxy) is 1. The average molecular weight is 793 g/mol. The highest BCUT2D eigenvalue weighted by Crippen LogP contribution is 2.45. The third kappa shape index (κ3) is 8.54. The van der Waals surface area contributed by atoms with Crippen LogP contribution in [0.4, 0.5) is 14.9 Å². The molecule has 2 saturated carbocycles. The fourth-order valence-corrected chi connectivity index (χ4v) is 9.30. The molecule has 4 N–H and O–H groups in total. The van der Waals surface area contributed by atoms with Crippen LogP contribution >= 0.6 is 0 Å². The predicted molar refractivity (Wildman–Crippen MR) is 202 cm³/mol. The van der Waals surface area contributed by atoms with Gasteiger partial charge in [-0.2, -0.15) is 0 Å². The van der Waals surface area contributed by atoms with Gasteiger partial charge >= 0.3 is 6.09 Å². The molecule has 5 atom stereocenters. The van der Waals surface area contributed by atoms with Crippen LogP contribution in [0.15, 0.2) is 60.0 Å². The van der Waals surface area contributed by atoms with Crippen molar-refractivity contribution in [1.82, 2.24) is 25.2 Å². The molecule has 3 aliphatic heterocycles. The zero-order chi connectivity index (χ0) is 39.6. The summed E-state index contributed by atoms with van der Waals surface area (Å²) in [6.45, 7) is 4.23. The summed E-state index contributed by atoms with van der Waals surface area (Å²) in [7, 11) is -4.40. The highest BCUT2D eigenvalue weighted by molar-refractivity contribution is 7.90. The Balaban J connectivity index is 1.15. The number of halogens is 1. The molecule has 5 aliphatic rings. The van der Waals surface area contributed by atoms with Gasteiger partial charge in [-0.25, -0.2) is 22.3 Å². The SMILES string of the molecule is C=C[C@@H]1C[C@@]12NC(=O)[C@@H]1C[C@@H](OC(=O)N3Cc4cccc(F)c4C3)CN1C(=O)[C@@H](NC(=O)CC1CC1)CCCCCCCNc1ccccc1S(=O)(=O)NC2=O. The molecule has 0 radical (unpaired) electrons. The Morgan fingerprint density at radius 2 is 1.77 bits per heavy atom. The normalized spacial score (nSPS) is 28.1. The van der Waals surface area contributed by atoms with E-state index in [1.807, 2.05) is 0 Å². The van der Waals surface area contributed by atoms with Gasteiger partial charge in [0.15, 0.2) is 0 Å². The van der Waals surface area contributed by atoms with E-state index < -0.39 is 69.3 Å². The van der Waals surface area contributed by atoms with Crippen LogP contribution in [0.3, 0.4) is 0 Å². The van der Waals surface area contributed by atoms with Crippen LogP contribution < -0.4 is 20.7 Å². The van der Waals surface area contributed by atoms with Gasteiger partial charge in [-0.3, -0.25) is 24.1 Å². The monoisotopic (exact) mass is 792 g/mol. The number of hydrogen-bond donors (Lipinski definition) is 4. The van der Waals surface area contributed by atoms with Gasteiger partial charge in [0, 0.05) is 37.4 Å². The van der Waals surface area contributed by atoms with Crippen molar-refractivity contribution in [2.75, 3.05) is 18.4 Å². The lowest BCUT2D eigenvalue weighted by Crippen LogP contribution is -2.58. The maximum Gasteiger partial charge on any atom is 0.410 e. The number of para-hydroxylation sites is 1. The number of carbonyl (C=O) groups excluding carboxylic acids is 5. The Bertz CT molecular complexity index is 2010. The molecule has 56 heavy (non-hydrogen) atoms. The summed E-state index contributed by atoms with van der Waals surface area (Å²) < 4.78 is 49.8. The first kappa shape index (κ1) is 39.3. The van der Waals surface area contributed by atoms with Gasteiger partial charge in [-0.05, 0) is 61.8 Å². The van der Waals surface area contributed by atoms with E-state index in [0.29, 0.717) is 42.6 Å². The lowest BCUT2D eigenvalue weighted by atomic mass is 10.0. The van der Waals surface area contributed by atoms with Crippen molar-refractivity contribution in [3.63, 3.8) is 0 Å². The van der Waals surface area contributed by atoms with E-state index in [0.717, 1.165) is 38.5 Å². The number of rotatable bonds is 5. The molecule has 2 aliphatic carbocycles. The van der Waals surface area contributed by atoms with Crippen molar-refractivity contribution < 1.29 is 41.5 Å². The lowest BCUT2D eigenvalue weighted by molar-refractivity contribution is -0.142. The average Bonchev–Trinajstić information content (AvgIpc) is 4.02. The Kier molecular flexibility index (Phi) is 11.4. The van der Waals surface area contributed by atoms with E-state index in [9.17, 15) is 36.8 Å². The Hall–Kier alpha value is -4.99. The van der Waals surface area contributed by atoms with Crippen LogP contribution in [0.5, 0.6) is 0 Å². The van der Waals surface area contributed by atoms with E-state index in [1.165, 1.54) is 28.0 Å². The van der Waals surface area contributed by atoms with Crippen LogP contribution in [0.25, 0.3) is 0 Å². The smallest absolute Gasteiger partial charge is 0.410 e. The molecule has 2 aromatic rings. The Labute approximate surface area is 326 Å². The Morgan fingerprint density at radius 1 is 1.00 bits per heavy atom. The molecule has 0 bridgehead atoms. The summed E-state index contributed by atoms with van der Waals surface area (Å²) in [6, 6.07) is 8.71. The number of anilines is 1. The fraction of sp³-hybridized carbons (Fsp3) is 0.525. The second-order valence-corrected chi connectivity index (χ2v) is 17.3. The number of hydrogen-bond acceptors (Lipinski definition) is 9. The predicted octanol–water partition coefficient (Wildman–Crippen LogP) is 3.86. The third-order valence-corrected chi connectivity index (χ3v) is 12.9. The number of fused-ring (bicyclic) bond motifs is 3. The third-order valence-electron chi connectivity index (χ3n) is 11.5. The highest BCUT2D eigenvalue weighted by Gasteiger charge is 2.61. The van der Waals surface area contributed by atoms with Crippen molar-refractivity contribution in [2.45, 2.75) is 112 Å². The molecular formula is C40H49FN6O8S. The minimum Gasteiger partial charge on any atom is -0.444 e. The molecular weight excluding hydrogens is 744 g/mol. The standard InChI is InChI=1S/C40H49FN6O8S/c1-2-27-21-40(27)38(51)45-56(53,54)34-15-8-7-13-31(34)42-18-9-5-3-4-6-14-32(43-35(48)19-25-16-17-25)37(50)47-23-28(20-33(47)36(49)44-40)55-39(52)46-22-26-11-10-12-30(41)29(26)24-46/h2,7-8,10-13,15,25,27-28,32-33,42H,1,3-6,9,14,16-24H2,(H,43,48)(H,44,49)(H,45,51)/t27-,28-,32+,33+,40-/m1/s1. The second-order valence-electron chi connectivity index (χ2n) is 15.7. The first-order valence-corrected chi connectivity index (χ1v) is 21.0. The molecule has 3 heterocycles. The van der Waals surface area contributed by atoms with E-state index in [2.05, 4.69) is 27.3 Å². The number of sulfonamides is 1. The van der Waals surface area contributed by atoms with Gasteiger partial charge in [-0.1, -0.05) is 56.0 Å². The molecule has 1 saturated heterocycles. The minimum atomic E-state index is -4.40. The van der Waals surface area contributed by atoms with Crippen molar-refractivity contribution in [1.29, 1.82) is 0 Å². The molecule has 300 valence electrons. The molecule has 5 amide bonds. The van der Waals surface area contributed by atoms with Gasteiger partial charge in [0.2, 0.25) is 17.7 Å². The molecule has 7 rings (SSSR count). The molecule has 1 spiro atoms. The van der Waals surface area contributed by atoms with Crippen LogP contribution in [0, 0.1) is 17.7 Å². The van der Waals surface area contributed by atoms with E-state index in [1.54, 1.807) is 30.3 Å². The first-order valence-electron chi connectivity index (χ1n) is 19.5. The summed E-state index contributed by atoms with van der Waals surface area (Å²) in [6.07, 6.45) is 6.02. The van der Waals surface area contributed by atoms with Crippen LogP contribution in [0.1, 0.15) is 81.8 Å². The van der Waals surface area contributed by atoms with Crippen LogP contribution in [0.2, 0.25) is 0 Å². The summed E-state index contributed by atoms with van der Waals surface area (Å²) in [5.41, 5.74) is -0.296. The molecule has 14 nitrogen and oxygen atoms in total. The van der Waals surface area contributed by atoms with Crippen LogP contribution in [-0.4, -0.2) is 84.8 Å². The van der Waals surface area contributed by atoms with Gasteiger partial charge < -0.3 is 25.6 Å². The molecule has 16 heteroatoms. The highest BCUT2D eigenvalue weighted by atomic mass is 32.2. The van der Waals surface area contributed by atoms with Crippen molar-refractivity contribution in [3.05, 3.63) is 72.1 Å².